The largest absolute Gasteiger partial charge is 0.508 e. The van der Waals surface area contributed by atoms with Gasteiger partial charge in [-0.05, 0) is 121 Å². The van der Waals surface area contributed by atoms with Crippen molar-refractivity contribution in [1.82, 2.24) is 0 Å². The van der Waals surface area contributed by atoms with Gasteiger partial charge >= 0.3 is 11.9 Å². The quantitative estimate of drug-likeness (QED) is 0.0846. The standard InChI is InChI=1S/C39H40O8/c1-3-32-35-21-30(46-37(41)26-7-11-28(40)12-8-26)15-17-33(35)34-18-16-31(22-36(32)34)47-38(42)27-9-13-29(14-10-27)45-20-6-5-19-43-23-39(4-2)24-44-25-39/h7-18,21-22,32,40H,3-6,19-20,23-25H2,1-2H3. The average molecular weight is 637 g/mol. The van der Waals surface area contributed by atoms with Gasteiger partial charge in [-0.1, -0.05) is 26.0 Å². The molecule has 1 unspecified atom stereocenters. The number of hydrogen-bond acceptors (Lipinski definition) is 8. The zero-order valence-electron chi connectivity index (χ0n) is 26.8. The number of rotatable bonds is 14. The topological polar surface area (TPSA) is 101 Å². The van der Waals surface area contributed by atoms with Gasteiger partial charge in [-0.3, -0.25) is 0 Å². The molecule has 1 atom stereocenters. The van der Waals surface area contributed by atoms with E-state index in [2.05, 4.69) is 13.8 Å². The lowest BCUT2D eigenvalue weighted by Crippen LogP contribution is -2.45. The summed E-state index contributed by atoms with van der Waals surface area (Å²) in [5, 5.41) is 9.50. The zero-order valence-corrected chi connectivity index (χ0v) is 26.8. The summed E-state index contributed by atoms with van der Waals surface area (Å²) >= 11 is 0. The van der Waals surface area contributed by atoms with E-state index in [-0.39, 0.29) is 17.1 Å². The third-order valence-corrected chi connectivity index (χ3v) is 9.04. The van der Waals surface area contributed by atoms with Gasteiger partial charge in [-0.25, -0.2) is 9.59 Å². The summed E-state index contributed by atoms with van der Waals surface area (Å²) in [4.78, 5) is 25.7. The molecule has 0 aromatic heterocycles. The highest BCUT2D eigenvalue weighted by Crippen LogP contribution is 2.48. The first-order chi connectivity index (χ1) is 22.9. The molecule has 6 rings (SSSR count). The fourth-order valence-corrected chi connectivity index (χ4v) is 6.06. The Morgan fingerprint density at radius 2 is 1.28 bits per heavy atom. The predicted molar refractivity (Wildman–Crippen MR) is 178 cm³/mol. The number of unbranched alkanes of at least 4 members (excludes halogenated alkanes) is 1. The molecule has 0 radical (unpaired) electrons. The molecule has 1 fully saturated rings. The van der Waals surface area contributed by atoms with Gasteiger partial charge in [-0.2, -0.15) is 0 Å². The summed E-state index contributed by atoms with van der Waals surface area (Å²) in [5.41, 5.74) is 5.24. The number of carbonyl (C=O) groups excluding carboxylic acids is 2. The minimum Gasteiger partial charge on any atom is -0.508 e. The van der Waals surface area contributed by atoms with Crippen LogP contribution >= 0.6 is 0 Å². The van der Waals surface area contributed by atoms with E-state index in [1.165, 1.54) is 24.3 Å². The van der Waals surface area contributed by atoms with Crippen molar-refractivity contribution >= 4 is 11.9 Å². The number of esters is 2. The maximum absolute atomic E-state index is 13.0. The van der Waals surface area contributed by atoms with Crippen molar-refractivity contribution in [3.8, 4) is 34.1 Å². The Morgan fingerprint density at radius 1 is 0.745 bits per heavy atom. The van der Waals surface area contributed by atoms with Gasteiger partial charge < -0.3 is 28.8 Å². The van der Waals surface area contributed by atoms with Crippen molar-refractivity contribution in [2.24, 2.45) is 5.41 Å². The number of aromatic hydroxyl groups is 1. The Bertz CT molecular complexity index is 1700. The SMILES string of the molecule is CCC1c2cc(OC(=O)c3ccc(O)cc3)ccc2-c2ccc(OC(=O)c3ccc(OCCCCOCC4(CC)COC4)cc3)cc21. The molecular formula is C39H40O8. The molecule has 1 aliphatic heterocycles. The lowest BCUT2D eigenvalue weighted by molar-refractivity contribution is -0.150. The van der Waals surface area contributed by atoms with E-state index >= 15 is 0 Å². The van der Waals surface area contributed by atoms with Crippen LogP contribution < -0.4 is 14.2 Å². The Balaban J connectivity index is 1.01. The van der Waals surface area contributed by atoms with Crippen LogP contribution in [0.1, 0.15) is 77.3 Å². The molecule has 1 aliphatic carbocycles. The van der Waals surface area contributed by atoms with Crippen LogP contribution in [0.15, 0.2) is 84.9 Å². The fraction of sp³-hybridized carbons (Fsp3) is 0.333. The van der Waals surface area contributed by atoms with Crippen LogP contribution in [0.25, 0.3) is 11.1 Å². The molecule has 0 amide bonds. The van der Waals surface area contributed by atoms with Gasteiger partial charge in [0.25, 0.3) is 0 Å². The molecule has 1 N–H and O–H groups in total. The van der Waals surface area contributed by atoms with Crippen LogP contribution in [0.4, 0.5) is 0 Å². The highest BCUT2D eigenvalue weighted by atomic mass is 16.5. The van der Waals surface area contributed by atoms with Crippen LogP contribution in [0.2, 0.25) is 0 Å². The molecule has 4 aromatic carbocycles. The Labute approximate surface area is 275 Å². The molecule has 8 nitrogen and oxygen atoms in total. The summed E-state index contributed by atoms with van der Waals surface area (Å²) in [6.45, 7) is 7.91. The summed E-state index contributed by atoms with van der Waals surface area (Å²) in [6, 6.07) is 24.3. The second-order valence-electron chi connectivity index (χ2n) is 12.3. The van der Waals surface area contributed by atoms with Crippen LogP contribution in [-0.4, -0.2) is 50.1 Å². The Kier molecular flexibility index (Phi) is 9.90. The summed E-state index contributed by atoms with van der Waals surface area (Å²) in [7, 11) is 0. The highest BCUT2D eigenvalue weighted by molar-refractivity contribution is 5.92. The van der Waals surface area contributed by atoms with E-state index in [0.717, 1.165) is 67.8 Å². The van der Waals surface area contributed by atoms with Gasteiger partial charge in [0.1, 0.15) is 23.0 Å². The van der Waals surface area contributed by atoms with Crippen molar-refractivity contribution in [2.75, 3.05) is 33.0 Å². The maximum Gasteiger partial charge on any atom is 0.343 e. The van der Waals surface area contributed by atoms with E-state index in [1.807, 2.05) is 24.3 Å². The Morgan fingerprint density at radius 3 is 1.79 bits per heavy atom. The molecule has 2 aliphatic rings. The fourth-order valence-electron chi connectivity index (χ4n) is 6.06. The predicted octanol–water partition coefficient (Wildman–Crippen LogP) is 7.96. The van der Waals surface area contributed by atoms with Crippen LogP contribution in [0, 0.1) is 5.41 Å². The third-order valence-electron chi connectivity index (χ3n) is 9.04. The maximum atomic E-state index is 13.0. The molecule has 1 heterocycles. The zero-order chi connectivity index (χ0) is 32.8. The number of benzene rings is 4. The average Bonchev–Trinajstić information content (AvgIpc) is 3.37. The van der Waals surface area contributed by atoms with Crippen LogP contribution in [-0.2, 0) is 9.47 Å². The summed E-state index contributed by atoms with van der Waals surface area (Å²) < 4.78 is 28.5. The van der Waals surface area contributed by atoms with E-state index in [9.17, 15) is 14.7 Å². The van der Waals surface area contributed by atoms with Crippen LogP contribution in [0.5, 0.6) is 23.0 Å². The number of hydrogen-bond donors (Lipinski definition) is 1. The molecule has 0 spiro atoms. The number of fused-ring (bicyclic) bond motifs is 3. The van der Waals surface area contributed by atoms with E-state index < -0.39 is 11.9 Å². The lowest BCUT2D eigenvalue weighted by Gasteiger charge is -2.40. The van der Waals surface area contributed by atoms with E-state index in [4.69, 9.17) is 23.7 Å². The van der Waals surface area contributed by atoms with Crippen molar-refractivity contribution in [2.45, 2.75) is 45.4 Å². The molecule has 244 valence electrons. The lowest BCUT2D eigenvalue weighted by atomic mass is 9.84. The molecule has 47 heavy (non-hydrogen) atoms. The molecule has 0 bridgehead atoms. The first-order valence-electron chi connectivity index (χ1n) is 16.3. The number of ether oxygens (including phenoxy) is 5. The van der Waals surface area contributed by atoms with Crippen molar-refractivity contribution < 1.29 is 38.4 Å². The van der Waals surface area contributed by atoms with E-state index in [0.29, 0.717) is 41.6 Å². The van der Waals surface area contributed by atoms with Gasteiger partial charge in [0.2, 0.25) is 0 Å². The normalized spacial score (nSPS) is 15.7. The van der Waals surface area contributed by atoms with Gasteiger partial charge in [0.15, 0.2) is 0 Å². The second kappa shape index (κ2) is 14.4. The summed E-state index contributed by atoms with van der Waals surface area (Å²) in [5.74, 6) is 0.815. The minimum atomic E-state index is -0.497. The van der Waals surface area contributed by atoms with Gasteiger partial charge in [0, 0.05) is 17.9 Å². The van der Waals surface area contributed by atoms with Crippen molar-refractivity contribution in [1.29, 1.82) is 0 Å². The van der Waals surface area contributed by atoms with Gasteiger partial charge in [-0.15, -0.1) is 0 Å². The number of carbonyl (C=O) groups is 2. The van der Waals surface area contributed by atoms with Crippen molar-refractivity contribution in [3.63, 3.8) is 0 Å². The molecule has 1 saturated heterocycles. The molecule has 0 saturated carbocycles. The van der Waals surface area contributed by atoms with Crippen LogP contribution in [0.3, 0.4) is 0 Å². The van der Waals surface area contributed by atoms with E-state index in [1.54, 1.807) is 36.4 Å². The third kappa shape index (κ3) is 7.34. The second-order valence-corrected chi connectivity index (χ2v) is 12.3. The summed E-state index contributed by atoms with van der Waals surface area (Å²) in [6.07, 6.45) is 3.70. The smallest absolute Gasteiger partial charge is 0.343 e. The monoisotopic (exact) mass is 636 g/mol. The number of phenolic OH excluding ortho intramolecular Hbond substituents is 1. The molecule has 4 aromatic rings. The first kappa shape index (κ1) is 32.3. The molecular weight excluding hydrogens is 596 g/mol. The highest BCUT2D eigenvalue weighted by Gasteiger charge is 2.37. The van der Waals surface area contributed by atoms with Gasteiger partial charge in [0.05, 0.1) is 37.6 Å². The van der Waals surface area contributed by atoms with Crippen molar-refractivity contribution in [3.05, 3.63) is 107 Å². The molecule has 8 heteroatoms. The number of phenols is 1. The minimum absolute atomic E-state index is 0.0549. The Hall–Kier alpha value is -4.66. The first-order valence-corrected chi connectivity index (χ1v) is 16.3.